The van der Waals surface area contributed by atoms with Crippen LogP contribution in [0.15, 0.2) is 24.3 Å². The fraction of sp³-hybridized carbons (Fsp3) is 0.750. The van der Waals surface area contributed by atoms with E-state index in [0.29, 0.717) is 11.8 Å². The summed E-state index contributed by atoms with van der Waals surface area (Å²) in [5, 5.41) is 7.12. The van der Waals surface area contributed by atoms with Crippen LogP contribution in [-0.2, 0) is 9.53 Å². The van der Waals surface area contributed by atoms with Crippen molar-refractivity contribution in [2.45, 2.75) is 108 Å². The van der Waals surface area contributed by atoms with E-state index in [4.69, 9.17) is 14.6 Å². The van der Waals surface area contributed by atoms with Crippen molar-refractivity contribution in [3.63, 3.8) is 0 Å². The van der Waals surface area contributed by atoms with Gasteiger partial charge in [-0.25, -0.2) is 9.59 Å². The molecule has 9 nitrogen and oxygen atoms in total. The first kappa shape index (κ1) is 37.8. The largest absolute Gasteiger partial charge is 0.490 e. The number of unbranched alkanes of at least 4 members (excludes halogenated alkanes) is 1. The minimum absolute atomic E-state index is 0.0622. The first-order valence-electron chi connectivity index (χ1n) is 17.8. The fourth-order valence-electron chi connectivity index (χ4n) is 8.12. The molecule has 1 spiro atoms. The molecule has 3 saturated heterocycles. The molecule has 48 heavy (non-hydrogen) atoms. The highest BCUT2D eigenvalue weighted by Crippen LogP contribution is 2.44. The number of aliphatic carboxylic acids is 1. The Labute approximate surface area is 283 Å². The highest BCUT2D eigenvalue weighted by molar-refractivity contribution is 5.99. The standard InChI is InChI=1S/C34H54N4O3.C2HF3O2/c1-5-6-14-28-26-37(25-27-12-8-7-9-13-27)32(40)41-34(28)19-23-38(24-20-34)33(2)17-21-36(22-18-33)31(39)29-15-10-11-16-30(29)35(3)4;3-2(4,5)1(6)7/h10-11,15-16,27-28H,5-9,12-14,17-26H2,1-4H3;(H,6,7). The first-order valence-corrected chi connectivity index (χ1v) is 17.8. The summed E-state index contributed by atoms with van der Waals surface area (Å²) in [6.07, 6.45) is 8.66. The molecule has 2 amide bonds. The highest BCUT2D eigenvalue weighted by Gasteiger charge is 2.51. The number of hydrogen-bond acceptors (Lipinski definition) is 6. The lowest BCUT2D eigenvalue weighted by molar-refractivity contribution is -0.192. The van der Waals surface area contributed by atoms with Gasteiger partial charge in [-0.3, -0.25) is 9.69 Å². The minimum Gasteiger partial charge on any atom is -0.475 e. The summed E-state index contributed by atoms with van der Waals surface area (Å²) in [6, 6.07) is 7.92. The number of hydrogen-bond donors (Lipinski definition) is 1. The second-order valence-corrected chi connectivity index (χ2v) is 14.7. The van der Waals surface area contributed by atoms with Crippen molar-refractivity contribution < 1.29 is 37.4 Å². The van der Waals surface area contributed by atoms with E-state index in [2.05, 4.69) is 23.6 Å². The molecule has 4 fully saturated rings. The number of carboxylic acid groups (broad SMARTS) is 1. The van der Waals surface area contributed by atoms with Crippen LogP contribution in [0, 0.1) is 11.8 Å². The van der Waals surface area contributed by atoms with Crippen molar-refractivity contribution >= 4 is 23.7 Å². The van der Waals surface area contributed by atoms with Crippen LogP contribution in [0.3, 0.4) is 0 Å². The van der Waals surface area contributed by atoms with Crippen molar-refractivity contribution in [3.8, 4) is 0 Å². The summed E-state index contributed by atoms with van der Waals surface area (Å²) >= 11 is 0. The summed E-state index contributed by atoms with van der Waals surface area (Å²) in [5.41, 5.74) is 1.53. The zero-order valence-corrected chi connectivity index (χ0v) is 29.2. The van der Waals surface area contributed by atoms with E-state index in [-0.39, 0.29) is 23.1 Å². The molecule has 1 aliphatic carbocycles. The average Bonchev–Trinajstić information content (AvgIpc) is 3.06. The van der Waals surface area contributed by atoms with Crippen LogP contribution in [0.5, 0.6) is 0 Å². The van der Waals surface area contributed by atoms with Crippen LogP contribution in [0.1, 0.15) is 101 Å². The number of piperidine rings is 2. The number of likely N-dealkylation sites (tertiary alicyclic amines) is 2. The van der Waals surface area contributed by atoms with E-state index in [1.807, 2.05) is 48.2 Å². The molecule has 1 aromatic rings. The minimum atomic E-state index is -5.08. The number of benzene rings is 1. The number of para-hydroxylation sites is 1. The summed E-state index contributed by atoms with van der Waals surface area (Å²) in [7, 11) is 3.99. The van der Waals surface area contributed by atoms with Gasteiger partial charge in [0.15, 0.2) is 0 Å². The van der Waals surface area contributed by atoms with Crippen LogP contribution < -0.4 is 4.90 Å². The van der Waals surface area contributed by atoms with Crippen LogP contribution in [0.4, 0.5) is 23.7 Å². The number of nitrogens with zero attached hydrogens (tertiary/aromatic N) is 4. The molecule has 1 unspecified atom stereocenters. The van der Waals surface area contributed by atoms with Gasteiger partial charge in [-0.2, -0.15) is 13.2 Å². The van der Waals surface area contributed by atoms with Gasteiger partial charge in [0.25, 0.3) is 5.91 Å². The van der Waals surface area contributed by atoms with Gasteiger partial charge < -0.3 is 24.5 Å². The van der Waals surface area contributed by atoms with Crippen molar-refractivity contribution in [1.82, 2.24) is 14.7 Å². The van der Waals surface area contributed by atoms with Gasteiger partial charge in [-0.15, -0.1) is 0 Å². The Bertz CT molecular complexity index is 1240. The van der Waals surface area contributed by atoms with Crippen molar-refractivity contribution in [2.24, 2.45) is 11.8 Å². The quantitative estimate of drug-likeness (QED) is 0.315. The van der Waals surface area contributed by atoms with Gasteiger partial charge >= 0.3 is 18.2 Å². The number of anilines is 1. The average molecular weight is 681 g/mol. The third kappa shape index (κ3) is 9.15. The molecule has 0 aromatic heterocycles. The van der Waals surface area contributed by atoms with Crippen molar-refractivity contribution in [2.75, 3.05) is 58.3 Å². The number of carboxylic acids is 1. The fourth-order valence-corrected chi connectivity index (χ4v) is 8.12. The molecule has 4 aliphatic rings. The topological polar surface area (TPSA) is 93.6 Å². The summed E-state index contributed by atoms with van der Waals surface area (Å²) < 4.78 is 38.2. The SMILES string of the molecule is CCCCC1CN(CC2CCCCC2)C(=O)OC12CCN(C1(C)CCN(C(=O)c3ccccc3N(C)C)CC1)CC2.O=C(O)C(F)(F)F. The van der Waals surface area contributed by atoms with E-state index in [1.165, 1.54) is 44.9 Å². The van der Waals surface area contributed by atoms with Gasteiger partial charge in [0.2, 0.25) is 0 Å². The van der Waals surface area contributed by atoms with Gasteiger partial charge in [0, 0.05) is 83.3 Å². The van der Waals surface area contributed by atoms with E-state index in [0.717, 1.165) is 82.6 Å². The molecular formula is C36H55F3N4O5. The number of alkyl halides is 3. The first-order chi connectivity index (χ1) is 22.7. The molecule has 1 N–H and O–H groups in total. The molecule has 1 atom stereocenters. The molecule has 3 aliphatic heterocycles. The number of amides is 2. The second-order valence-electron chi connectivity index (χ2n) is 14.7. The predicted molar refractivity (Wildman–Crippen MR) is 179 cm³/mol. The van der Waals surface area contributed by atoms with Crippen LogP contribution in [0.25, 0.3) is 0 Å². The molecule has 3 heterocycles. The number of carbonyl (C=O) groups is 3. The van der Waals surface area contributed by atoms with Gasteiger partial charge in [-0.1, -0.05) is 51.2 Å². The van der Waals surface area contributed by atoms with Gasteiger partial charge in [-0.05, 0) is 57.1 Å². The normalized spacial score (nSPS) is 23.2. The molecule has 1 saturated carbocycles. The zero-order chi connectivity index (χ0) is 35.1. The lowest BCUT2D eigenvalue weighted by Gasteiger charge is -2.55. The molecule has 270 valence electrons. The predicted octanol–water partition coefficient (Wildman–Crippen LogP) is 7.05. The van der Waals surface area contributed by atoms with Gasteiger partial charge in [0.1, 0.15) is 5.60 Å². The van der Waals surface area contributed by atoms with E-state index in [9.17, 15) is 22.8 Å². The summed E-state index contributed by atoms with van der Waals surface area (Å²) in [5.74, 6) is -1.55. The van der Waals surface area contributed by atoms with Crippen molar-refractivity contribution in [1.29, 1.82) is 0 Å². The Morgan fingerprint density at radius 2 is 1.60 bits per heavy atom. The molecular weight excluding hydrogens is 625 g/mol. The Hall–Kier alpha value is -3.02. The Balaban J connectivity index is 0.000000671. The zero-order valence-electron chi connectivity index (χ0n) is 29.2. The number of halogens is 3. The number of rotatable bonds is 8. The number of ether oxygens (including phenoxy) is 1. The molecule has 0 radical (unpaired) electrons. The molecule has 12 heteroatoms. The van der Waals surface area contributed by atoms with Crippen LogP contribution >= 0.6 is 0 Å². The molecule has 1 aromatic carbocycles. The second kappa shape index (κ2) is 16.1. The number of carbonyl (C=O) groups excluding carboxylic acids is 2. The van der Waals surface area contributed by atoms with E-state index >= 15 is 0 Å². The third-order valence-electron chi connectivity index (χ3n) is 11.2. The lowest BCUT2D eigenvalue weighted by atomic mass is 9.74. The maximum atomic E-state index is 13.5. The molecule has 0 bridgehead atoms. The van der Waals surface area contributed by atoms with E-state index < -0.39 is 12.1 Å². The van der Waals surface area contributed by atoms with E-state index in [1.54, 1.807) is 0 Å². The Kier molecular flexibility index (Phi) is 12.7. The maximum Gasteiger partial charge on any atom is 0.490 e. The smallest absolute Gasteiger partial charge is 0.475 e. The third-order valence-corrected chi connectivity index (χ3v) is 11.2. The molecule has 5 rings (SSSR count). The maximum absolute atomic E-state index is 13.5. The van der Waals surface area contributed by atoms with Crippen molar-refractivity contribution in [3.05, 3.63) is 29.8 Å². The summed E-state index contributed by atoms with van der Waals surface area (Å²) in [6.45, 7) is 9.90. The van der Waals surface area contributed by atoms with Gasteiger partial charge in [0.05, 0.1) is 5.56 Å². The Morgan fingerprint density at radius 3 is 2.17 bits per heavy atom. The summed E-state index contributed by atoms with van der Waals surface area (Å²) in [4.78, 5) is 44.5. The van der Waals surface area contributed by atoms with Crippen LogP contribution in [0.2, 0.25) is 0 Å². The lowest BCUT2D eigenvalue weighted by Crippen LogP contribution is -2.63. The monoisotopic (exact) mass is 680 g/mol. The highest BCUT2D eigenvalue weighted by atomic mass is 19.4. The Morgan fingerprint density at radius 1 is 1.00 bits per heavy atom. The van der Waals surface area contributed by atoms with Crippen LogP contribution in [-0.4, -0.2) is 108 Å².